The van der Waals surface area contributed by atoms with Crippen molar-refractivity contribution in [2.45, 2.75) is 26.1 Å². The second kappa shape index (κ2) is 5.45. The second-order valence-corrected chi connectivity index (χ2v) is 3.10. The fourth-order valence-electron chi connectivity index (χ4n) is 1.07. The van der Waals surface area contributed by atoms with Gasteiger partial charge in [0.05, 0.1) is 5.56 Å². The molecule has 1 rings (SSSR count). The molecule has 1 aromatic carbocycles. The van der Waals surface area contributed by atoms with E-state index in [4.69, 9.17) is 0 Å². The van der Waals surface area contributed by atoms with Crippen LogP contribution in [0.2, 0.25) is 0 Å². The Bertz CT molecular complexity index is 399. The summed E-state index contributed by atoms with van der Waals surface area (Å²) in [5.74, 6) is 5.19. The highest BCUT2D eigenvalue weighted by Gasteiger charge is 2.31. The molecule has 0 aliphatic carbocycles. The summed E-state index contributed by atoms with van der Waals surface area (Å²) in [6.45, 7) is 1.95. The van der Waals surface area contributed by atoms with Gasteiger partial charge in [0.25, 0.3) is 0 Å². The van der Waals surface area contributed by atoms with Gasteiger partial charge in [0, 0.05) is 6.42 Å². The van der Waals surface area contributed by atoms with E-state index in [1.165, 1.54) is 18.2 Å². The van der Waals surface area contributed by atoms with Crippen molar-refractivity contribution in [2.75, 3.05) is 0 Å². The fourth-order valence-corrected chi connectivity index (χ4v) is 1.07. The van der Waals surface area contributed by atoms with Gasteiger partial charge in [-0.05, 0) is 18.6 Å². The van der Waals surface area contributed by atoms with E-state index >= 15 is 0 Å². The number of halogens is 3. The Morgan fingerprint density at radius 3 is 2.56 bits per heavy atom. The molecule has 0 aromatic heterocycles. The average Bonchev–Trinajstić information content (AvgIpc) is 2.19. The van der Waals surface area contributed by atoms with Crippen molar-refractivity contribution in [3.05, 3.63) is 29.8 Å². The molecule has 86 valence electrons. The molecule has 0 amide bonds. The molecule has 0 heterocycles. The summed E-state index contributed by atoms with van der Waals surface area (Å²) in [6, 6.07) is 5.86. The smallest absolute Gasteiger partial charge is 0.404 e. The Kier molecular flexibility index (Phi) is 4.24. The van der Waals surface area contributed by atoms with Gasteiger partial charge in [-0.15, -0.1) is 13.2 Å². The predicted molar refractivity (Wildman–Crippen MR) is 54.9 cm³/mol. The normalized spacial score (nSPS) is 10.5. The highest BCUT2D eigenvalue weighted by Crippen LogP contribution is 2.25. The minimum absolute atomic E-state index is 0.251. The minimum atomic E-state index is -4.68. The number of hydrogen-bond donors (Lipinski definition) is 0. The van der Waals surface area contributed by atoms with Gasteiger partial charge in [-0.3, -0.25) is 0 Å². The van der Waals surface area contributed by atoms with Crippen LogP contribution in [-0.4, -0.2) is 6.36 Å². The first-order chi connectivity index (χ1) is 7.53. The van der Waals surface area contributed by atoms with E-state index in [1.807, 2.05) is 6.92 Å². The van der Waals surface area contributed by atoms with Crippen molar-refractivity contribution in [1.29, 1.82) is 0 Å². The van der Waals surface area contributed by atoms with Crippen LogP contribution < -0.4 is 4.74 Å². The summed E-state index contributed by atoms with van der Waals surface area (Å²) in [5.41, 5.74) is 0.258. The highest BCUT2D eigenvalue weighted by molar-refractivity contribution is 5.45. The Hall–Kier alpha value is -1.63. The molecule has 0 atom stereocenters. The lowest BCUT2D eigenvalue weighted by Gasteiger charge is -2.09. The van der Waals surface area contributed by atoms with Gasteiger partial charge in [0.2, 0.25) is 0 Å². The Labute approximate surface area is 92.2 Å². The van der Waals surface area contributed by atoms with Crippen molar-refractivity contribution < 1.29 is 17.9 Å². The summed E-state index contributed by atoms with van der Waals surface area (Å²) >= 11 is 0. The van der Waals surface area contributed by atoms with E-state index < -0.39 is 6.36 Å². The molecule has 0 unspecified atom stereocenters. The van der Waals surface area contributed by atoms with E-state index in [2.05, 4.69) is 16.6 Å². The van der Waals surface area contributed by atoms with E-state index in [0.29, 0.717) is 6.42 Å². The summed E-state index contributed by atoms with van der Waals surface area (Å²) in [4.78, 5) is 0. The van der Waals surface area contributed by atoms with Crippen LogP contribution in [0.5, 0.6) is 5.75 Å². The molecule has 0 saturated carbocycles. The van der Waals surface area contributed by atoms with E-state index in [1.54, 1.807) is 6.07 Å². The monoisotopic (exact) mass is 228 g/mol. The second-order valence-electron chi connectivity index (χ2n) is 3.10. The van der Waals surface area contributed by atoms with Crippen molar-refractivity contribution >= 4 is 0 Å². The molecule has 0 aliphatic rings. The van der Waals surface area contributed by atoms with Gasteiger partial charge in [-0.2, -0.15) is 0 Å². The zero-order chi connectivity index (χ0) is 12.0. The molecule has 0 spiro atoms. The molecular formula is C12H11F3O. The van der Waals surface area contributed by atoms with E-state index in [0.717, 1.165) is 6.42 Å². The predicted octanol–water partition coefficient (Wildman–Crippen LogP) is 3.74. The molecule has 0 aliphatic heterocycles. The lowest BCUT2D eigenvalue weighted by Crippen LogP contribution is -2.17. The summed E-state index contributed by atoms with van der Waals surface area (Å²) in [5, 5.41) is 0. The van der Waals surface area contributed by atoms with Gasteiger partial charge >= 0.3 is 6.36 Å². The molecule has 0 radical (unpaired) electrons. The molecule has 0 saturated heterocycles. The maximum atomic E-state index is 12.0. The molecule has 16 heavy (non-hydrogen) atoms. The van der Waals surface area contributed by atoms with Crippen LogP contribution in [0, 0.1) is 11.8 Å². The number of para-hydroxylation sites is 1. The quantitative estimate of drug-likeness (QED) is 0.701. The number of rotatable bonds is 2. The maximum Gasteiger partial charge on any atom is 0.573 e. The van der Waals surface area contributed by atoms with Gasteiger partial charge < -0.3 is 4.74 Å². The van der Waals surface area contributed by atoms with E-state index in [9.17, 15) is 13.2 Å². The van der Waals surface area contributed by atoms with Crippen LogP contribution in [0.4, 0.5) is 13.2 Å². The molecule has 0 N–H and O–H groups in total. The topological polar surface area (TPSA) is 9.23 Å². The van der Waals surface area contributed by atoms with Crippen molar-refractivity contribution in [3.63, 3.8) is 0 Å². The Morgan fingerprint density at radius 2 is 1.94 bits per heavy atom. The first kappa shape index (κ1) is 12.4. The zero-order valence-electron chi connectivity index (χ0n) is 8.77. The minimum Gasteiger partial charge on any atom is -0.404 e. The van der Waals surface area contributed by atoms with Crippen LogP contribution in [0.3, 0.4) is 0 Å². The lowest BCUT2D eigenvalue weighted by atomic mass is 10.2. The first-order valence-electron chi connectivity index (χ1n) is 4.86. The number of unbranched alkanes of at least 4 members (excludes halogenated alkanes) is 1. The molecule has 4 heteroatoms. The lowest BCUT2D eigenvalue weighted by molar-refractivity contribution is -0.274. The van der Waals surface area contributed by atoms with Gasteiger partial charge in [-0.1, -0.05) is 30.9 Å². The standard InChI is InChI=1S/C12H11F3O/c1-2-3-4-7-10-8-5-6-9-11(10)16-12(13,14)15/h5-6,8-9H,2-3H2,1H3. The summed E-state index contributed by atoms with van der Waals surface area (Å²) < 4.78 is 40.0. The molecular weight excluding hydrogens is 217 g/mol. The number of alkyl halides is 3. The third kappa shape index (κ3) is 4.26. The summed E-state index contributed by atoms with van der Waals surface area (Å²) in [7, 11) is 0. The highest BCUT2D eigenvalue weighted by atomic mass is 19.4. The fraction of sp³-hybridized carbons (Fsp3) is 0.333. The average molecular weight is 228 g/mol. The molecule has 1 aromatic rings. The third-order valence-electron chi connectivity index (χ3n) is 1.71. The Morgan fingerprint density at radius 1 is 1.25 bits per heavy atom. The molecule has 0 bridgehead atoms. The van der Waals surface area contributed by atoms with Crippen molar-refractivity contribution in [3.8, 4) is 17.6 Å². The van der Waals surface area contributed by atoms with Crippen LogP contribution in [0.1, 0.15) is 25.3 Å². The van der Waals surface area contributed by atoms with Crippen molar-refractivity contribution in [2.24, 2.45) is 0 Å². The van der Waals surface area contributed by atoms with Crippen molar-refractivity contribution in [1.82, 2.24) is 0 Å². The van der Waals surface area contributed by atoms with Crippen LogP contribution in [-0.2, 0) is 0 Å². The van der Waals surface area contributed by atoms with Gasteiger partial charge in [0.1, 0.15) is 5.75 Å². The van der Waals surface area contributed by atoms with Crippen LogP contribution in [0.15, 0.2) is 24.3 Å². The maximum absolute atomic E-state index is 12.0. The third-order valence-corrected chi connectivity index (χ3v) is 1.71. The SMILES string of the molecule is CCCC#Cc1ccccc1OC(F)(F)F. The van der Waals surface area contributed by atoms with Gasteiger partial charge in [0.15, 0.2) is 0 Å². The largest absolute Gasteiger partial charge is 0.573 e. The number of ether oxygens (including phenoxy) is 1. The van der Waals surface area contributed by atoms with Gasteiger partial charge in [-0.25, -0.2) is 0 Å². The van der Waals surface area contributed by atoms with Crippen LogP contribution in [0.25, 0.3) is 0 Å². The Balaban J connectivity index is 2.89. The number of benzene rings is 1. The number of hydrogen-bond acceptors (Lipinski definition) is 1. The first-order valence-corrected chi connectivity index (χ1v) is 4.86. The summed E-state index contributed by atoms with van der Waals surface area (Å²) in [6.07, 6.45) is -3.15. The molecule has 1 nitrogen and oxygen atoms in total. The molecule has 0 fully saturated rings. The van der Waals surface area contributed by atoms with Crippen LogP contribution >= 0.6 is 0 Å². The van der Waals surface area contributed by atoms with E-state index in [-0.39, 0.29) is 11.3 Å². The zero-order valence-corrected chi connectivity index (χ0v) is 8.77.